The molecule has 1 heterocycles. The van der Waals surface area contributed by atoms with E-state index >= 15 is 0 Å². The zero-order valence-corrected chi connectivity index (χ0v) is 19.8. The monoisotopic (exact) mass is 422 g/mol. The van der Waals surface area contributed by atoms with E-state index in [1.54, 1.807) is 0 Å². The van der Waals surface area contributed by atoms with Crippen LogP contribution in [0.25, 0.3) is 0 Å². The van der Waals surface area contributed by atoms with Crippen LogP contribution in [-0.4, -0.2) is 46.9 Å². The van der Waals surface area contributed by atoms with Crippen molar-refractivity contribution in [3.63, 3.8) is 0 Å². The molecule has 0 radical (unpaired) electrons. The largest absolute Gasteiger partial charge is 0.345 e. The third kappa shape index (κ3) is 9.68. The molecule has 0 bridgehead atoms. The van der Waals surface area contributed by atoms with Crippen LogP contribution in [0.2, 0.25) is 0 Å². The Balaban J connectivity index is 0. The van der Waals surface area contributed by atoms with Gasteiger partial charge < -0.3 is 14.2 Å². The molecule has 0 aromatic heterocycles. The van der Waals surface area contributed by atoms with E-state index in [4.69, 9.17) is 14.2 Å². The van der Waals surface area contributed by atoms with Crippen LogP contribution in [0.4, 0.5) is 0 Å². The average molecular weight is 423 g/mol. The van der Waals surface area contributed by atoms with Gasteiger partial charge in [0.15, 0.2) is 12.6 Å². The first kappa shape index (κ1) is 29.7. The number of allylic oxidation sites excluding steroid dienone is 1. The standard InChI is InChI=1S/C20H40O3P2.2CH4/c1-14(13-25(19(6,7)8)20(9,10)11)12-24-17(4)22-15(2)21-16(3)23-18(24)5;;/h15-18H,1,12-13H2,2-11H3;2*1H4. The van der Waals surface area contributed by atoms with E-state index < -0.39 is 7.92 Å². The van der Waals surface area contributed by atoms with Gasteiger partial charge in [-0.15, -0.1) is 0 Å². The maximum atomic E-state index is 6.08. The highest BCUT2D eigenvalue weighted by Crippen LogP contribution is 2.61. The molecule has 5 heteroatoms. The summed E-state index contributed by atoms with van der Waals surface area (Å²) < 4.78 is 17.8. The van der Waals surface area contributed by atoms with Gasteiger partial charge in [-0.25, -0.2) is 0 Å². The fraction of sp³-hybridized carbons (Fsp3) is 0.909. The Morgan fingerprint density at radius 2 is 1.19 bits per heavy atom. The fourth-order valence-electron chi connectivity index (χ4n) is 3.61. The van der Waals surface area contributed by atoms with Crippen LogP contribution < -0.4 is 0 Å². The zero-order valence-electron chi connectivity index (χ0n) is 18.0. The molecular formula is C22H48O3P2. The molecule has 164 valence electrons. The normalized spacial score (nSPS) is 30.0. The van der Waals surface area contributed by atoms with Crippen molar-refractivity contribution in [2.24, 2.45) is 0 Å². The van der Waals surface area contributed by atoms with Gasteiger partial charge in [-0.05, 0) is 58.3 Å². The predicted octanol–water partition coefficient (Wildman–Crippen LogP) is 7.82. The van der Waals surface area contributed by atoms with Crippen molar-refractivity contribution in [2.75, 3.05) is 12.3 Å². The second kappa shape index (κ2) is 11.6. The van der Waals surface area contributed by atoms with E-state index in [9.17, 15) is 0 Å². The van der Waals surface area contributed by atoms with Crippen molar-refractivity contribution in [3.05, 3.63) is 12.2 Å². The van der Waals surface area contributed by atoms with E-state index in [0.717, 1.165) is 12.3 Å². The summed E-state index contributed by atoms with van der Waals surface area (Å²) in [5.74, 6) is 0.305. The van der Waals surface area contributed by atoms with Gasteiger partial charge in [0.05, 0.1) is 11.7 Å². The Labute approximate surface area is 173 Å². The molecule has 0 spiro atoms. The van der Waals surface area contributed by atoms with Gasteiger partial charge in [-0.1, -0.05) is 76.5 Å². The predicted molar refractivity (Wildman–Crippen MR) is 127 cm³/mol. The van der Waals surface area contributed by atoms with Crippen LogP contribution in [0.5, 0.6) is 0 Å². The summed E-state index contributed by atoms with van der Waals surface area (Å²) in [6, 6.07) is 0. The molecule has 0 aromatic rings. The van der Waals surface area contributed by atoms with Crippen molar-refractivity contribution < 1.29 is 14.2 Å². The van der Waals surface area contributed by atoms with Crippen LogP contribution in [0.1, 0.15) is 84.1 Å². The van der Waals surface area contributed by atoms with E-state index in [0.29, 0.717) is 10.3 Å². The fourth-order valence-corrected chi connectivity index (χ4v) is 9.70. The molecule has 4 atom stereocenters. The third-order valence-corrected chi connectivity index (χ3v) is 11.4. The smallest absolute Gasteiger partial charge is 0.158 e. The van der Waals surface area contributed by atoms with Crippen LogP contribution in [0.15, 0.2) is 12.2 Å². The number of ether oxygens (including phenoxy) is 3. The lowest BCUT2D eigenvalue weighted by Gasteiger charge is -2.43. The van der Waals surface area contributed by atoms with Gasteiger partial charge in [0.25, 0.3) is 0 Å². The quantitative estimate of drug-likeness (QED) is 0.341. The molecule has 1 fully saturated rings. The Bertz CT molecular complexity index is 410. The molecule has 0 aromatic carbocycles. The Hall–Kier alpha value is 0.480. The molecule has 0 amide bonds. The Morgan fingerprint density at radius 3 is 1.52 bits per heavy atom. The van der Waals surface area contributed by atoms with Crippen molar-refractivity contribution >= 4 is 15.8 Å². The molecule has 3 nitrogen and oxygen atoms in total. The second-order valence-electron chi connectivity index (χ2n) is 9.09. The first-order chi connectivity index (χ1) is 11.2. The summed E-state index contributed by atoms with van der Waals surface area (Å²) in [5.41, 5.74) is 1.36. The lowest BCUT2D eigenvalue weighted by atomic mass is 10.2. The third-order valence-electron chi connectivity index (χ3n) is 4.50. The van der Waals surface area contributed by atoms with E-state index in [1.165, 1.54) is 5.57 Å². The Kier molecular flexibility index (Phi) is 12.8. The van der Waals surface area contributed by atoms with Gasteiger partial charge >= 0.3 is 0 Å². The summed E-state index contributed by atoms with van der Waals surface area (Å²) >= 11 is 0. The molecular weight excluding hydrogens is 374 g/mol. The first-order valence-electron chi connectivity index (χ1n) is 9.38. The summed E-state index contributed by atoms with van der Waals surface area (Å²) in [5, 5.41) is 0.650. The minimum Gasteiger partial charge on any atom is -0.345 e. The highest BCUT2D eigenvalue weighted by Gasteiger charge is 2.36. The average Bonchev–Trinajstić information content (AvgIpc) is 2.37. The topological polar surface area (TPSA) is 27.7 Å². The molecule has 1 aliphatic rings. The molecule has 27 heavy (non-hydrogen) atoms. The molecule has 0 N–H and O–H groups in total. The van der Waals surface area contributed by atoms with Crippen LogP contribution >= 0.6 is 15.8 Å². The van der Waals surface area contributed by atoms with Gasteiger partial charge in [0.1, 0.15) is 0 Å². The molecule has 1 saturated heterocycles. The minimum atomic E-state index is -0.446. The maximum Gasteiger partial charge on any atom is 0.158 e. The molecule has 0 aliphatic carbocycles. The highest BCUT2D eigenvalue weighted by molar-refractivity contribution is 7.61. The van der Waals surface area contributed by atoms with Gasteiger partial charge in [-0.3, -0.25) is 0 Å². The lowest BCUT2D eigenvalue weighted by molar-refractivity contribution is -0.245. The first-order valence-corrected chi connectivity index (χ1v) is 12.6. The van der Waals surface area contributed by atoms with Crippen LogP contribution in [0.3, 0.4) is 0 Å². The van der Waals surface area contributed by atoms with E-state index in [2.05, 4.69) is 62.0 Å². The molecule has 1 rings (SSSR count). The number of hydrogen-bond donors (Lipinski definition) is 0. The van der Waals surface area contributed by atoms with E-state index in [-0.39, 0.29) is 47.0 Å². The van der Waals surface area contributed by atoms with Crippen molar-refractivity contribution in [1.82, 2.24) is 0 Å². The van der Waals surface area contributed by atoms with Gasteiger partial charge in [-0.2, -0.15) is 0 Å². The molecule has 1 aliphatic heterocycles. The maximum absolute atomic E-state index is 6.08. The zero-order chi connectivity index (χ0) is 19.6. The summed E-state index contributed by atoms with van der Waals surface area (Å²) in [4.78, 5) is 0. The van der Waals surface area contributed by atoms with Crippen LogP contribution in [0, 0.1) is 0 Å². The lowest BCUT2D eigenvalue weighted by Crippen LogP contribution is -2.33. The molecule has 0 saturated carbocycles. The highest BCUT2D eigenvalue weighted by atomic mass is 31.1. The summed E-state index contributed by atoms with van der Waals surface area (Å²) in [6.45, 7) is 26.9. The SMILES string of the molecule is C.C.C=C(CP1C(C)OC(C)OC(C)OC1C)CP(C(C)(C)C)C(C)(C)C. The molecule has 4 unspecified atom stereocenters. The van der Waals surface area contributed by atoms with Crippen LogP contribution in [-0.2, 0) is 14.2 Å². The van der Waals surface area contributed by atoms with E-state index in [1.807, 2.05) is 13.8 Å². The number of rotatable bonds is 4. The number of hydrogen-bond acceptors (Lipinski definition) is 3. The second-order valence-corrected chi connectivity index (χ2v) is 15.7. The van der Waals surface area contributed by atoms with Crippen molar-refractivity contribution in [2.45, 2.75) is 119 Å². The summed E-state index contributed by atoms with van der Waals surface area (Å²) in [7, 11) is -0.609. The minimum absolute atomic E-state index is 0. The van der Waals surface area contributed by atoms with Gasteiger partial charge in [0.2, 0.25) is 0 Å². The van der Waals surface area contributed by atoms with Crippen molar-refractivity contribution in [1.29, 1.82) is 0 Å². The Morgan fingerprint density at radius 1 is 0.815 bits per heavy atom. The van der Waals surface area contributed by atoms with Crippen molar-refractivity contribution in [3.8, 4) is 0 Å². The van der Waals surface area contributed by atoms with Gasteiger partial charge in [0, 0.05) is 0 Å². The summed E-state index contributed by atoms with van der Waals surface area (Å²) in [6.07, 6.45) is 1.69.